The van der Waals surface area contributed by atoms with Gasteiger partial charge in [-0.2, -0.15) is 0 Å². The molecule has 1 aromatic carbocycles. The summed E-state index contributed by atoms with van der Waals surface area (Å²) in [6.07, 6.45) is 0. The third-order valence-corrected chi connectivity index (χ3v) is 2.53. The quantitative estimate of drug-likeness (QED) is 0.652. The van der Waals surface area contributed by atoms with E-state index in [0.717, 1.165) is 0 Å². The van der Waals surface area contributed by atoms with Crippen LogP contribution in [-0.4, -0.2) is 31.8 Å². The lowest BCUT2D eigenvalue weighted by atomic mass is 10.0. The van der Waals surface area contributed by atoms with Crippen LogP contribution in [-0.2, 0) is 4.79 Å². The number of ketones is 1. The van der Waals surface area contributed by atoms with E-state index in [2.05, 4.69) is 4.99 Å². The summed E-state index contributed by atoms with van der Waals surface area (Å²) in [6, 6.07) is 3.32. The van der Waals surface area contributed by atoms with Gasteiger partial charge in [-0.25, -0.2) is 0 Å². The molecule has 0 heterocycles. The summed E-state index contributed by atoms with van der Waals surface area (Å²) in [5.41, 5.74) is 7.33. The highest BCUT2D eigenvalue weighted by Crippen LogP contribution is 2.32. The highest BCUT2D eigenvalue weighted by molar-refractivity contribution is 6.46. The van der Waals surface area contributed by atoms with Gasteiger partial charge in [0, 0.05) is 30.3 Å². The number of ether oxygens (including phenoxy) is 2. The fraction of sp³-hybridized carbons (Fsp3) is 0.429. The number of nitrogens with two attached hydrogens (primary N) is 1. The van der Waals surface area contributed by atoms with Crippen LogP contribution in [0.1, 0.15) is 26.3 Å². The molecule has 5 heteroatoms. The molecule has 0 aliphatic heterocycles. The molecule has 0 aliphatic carbocycles. The second kappa shape index (κ2) is 6.22. The van der Waals surface area contributed by atoms with Gasteiger partial charge in [0.15, 0.2) is 17.3 Å². The monoisotopic (exact) mass is 264 g/mol. The van der Waals surface area contributed by atoms with Gasteiger partial charge in [-0.05, 0) is 19.9 Å². The van der Waals surface area contributed by atoms with Gasteiger partial charge >= 0.3 is 0 Å². The average Bonchev–Trinajstić information content (AvgIpc) is 2.35. The SMILES string of the molecule is COc1cc(N)c(C(=NC(C)C)C(C)=O)cc1OC. The van der Waals surface area contributed by atoms with Crippen molar-refractivity contribution < 1.29 is 14.3 Å². The lowest BCUT2D eigenvalue weighted by molar-refractivity contribution is -0.111. The van der Waals surface area contributed by atoms with Gasteiger partial charge in [0.2, 0.25) is 0 Å². The number of carbonyl (C=O) groups is 1. The molecule has 0 saturated carbocycles. The predicted octanol–water partition coefficient (Wildman–Crippen LogP) is 2.07. The topological polar surface area (TPSA) is 73.9 Å². The number of hydrogen-bond donors (Lipinski definition) is 1. The number of anilines is 1. The third-order valence-electron chi connectivity index (χ3n) is 2.53. The Morgan fingerprint density at radius 2 is 1.74 bits per heavy atom. The molecular weight excluding hydrogens is 244 g/mol. The van der Waals surface area contributed by atoms with Gasteiger partial charge in [0.1, 0.15) is 5.71 Å². The summed E-state index contributed by atoms with van der Waals surface area (Å²) in [6.45, 7) is 5.27. The second-order valence-corrected chi connectivity index (χ2v) is 4.42. The summed E-state index contributed by atoms with van der Waals surface area (Å²) in [7, 11) is 3.07. The van der Waals surface area contributed by atoms with Gasteiger partial charge in [-0.3, -0.25) is 9.79 Å². The fourth-order valence-electron chi connectivity index (χ4n) is 1.71. The predicted molar refractivity (Wildman–Crippen MR) is 76.3 cm³/mol. The van der Waals surface area contributed by atoms with Crippen molar-refractivity contribution in [3.63, 3.8) is 0 Å². The number of rotatable bonds is 5. The van der Waals surface area contributed by atoms with Crippen molar-refractivity contribution in [1.29, 1.82) is 0 Å². The lowest BCUT2D eigenvalue weighted by Crippen LogP contribution is -2.16. The maximum absolute atomic E-state index is 11.7. The van der Waals surface area contributed by atoms with E-state index in [0.29, 0.717) is 28.5 Å². The molecule has 0 fully saturated rings. The first-order valence-corrected chi connectivity index (χ1v) is 6.01. The van der Waals surface area contributed by atoms with Gasteiger partial charge in [-0.15, -0.1) is 0 Å². The molecule has 0 radical (unpaired) electrons. The van der Waals surface area contributed by atoms with Gasteiger partial charge in [0.25, 0.3) is 0 Å². The molecular formula is C14H20N2O3. The number of benzene rings is 1. The first kappa shape index (κ1) is 15.0. The van der Waals surface area contributed by atoms with Crippen LogP contribution < -0.4 is 15.2 Å². The Bertz CT molecular complexity index is 508. The van der Waals surface area contributed by atoms with Crippen LogP contribution in [0.2, 0.25) is 0 Å². The van der Waals surface area contributed by atoms with Crippen molar-refractivity contribution in [3.05, 3.63) is 17.7 Å². The molecule has 5 nitrogen and oxygen atoms in total. The van der Waals surface area contributed by atoms with Crippen molar-refractivity contribution in [3.8, 4) is 11.5 Å². The summed E-state index contributed by atoms with van der Waals surface area (Å²) >= 11 is 0. The standard InChI is InChI=1S/C14H20N2O3/c1-8(2)16-14(9(3)17)10-6-12(18-4)13(19-5)7-11(10)15/h6-8H,15H2,1-5H3. The Morgan fingerprint density at radius 1 is 1.21 bits per heavy atom. The molecule has 19 heavy (non-hydrogen) atoms. The normalized spacial score (nSPS) is 11.6. The van der Waals surface area contributed by atoms with E-state index in [1.165, 1.54) is 21.1 Å². The third kappa shape index (κ3) is 3.47. The minimum atomic E-state index is -0.132. The highest BCUT2D eigenvalue weighted by atomic mass is 16.5. The molecule has 0 aliphatic rings. The summed E-state index contributed by atoms with van der Waals surface area (Å²) < 4.78 is 10.4. The Hall–Kier alpha value is -2.04. The average molecular weight is 264 g/mol. The molecule has 1 rings (SSSR count). The van der Waals surface area contributed by atoms with E-state index in [1.54, 1.807) is 12.1 Å². The number of nitrogen functional groups attached to an aromatic ring is 1. The van der Waals surface area contributed by atoms with E-state index < -0.39 is 0 Å². The van der Waals surface area contributed by atoms with Crippen LogP contribution in [0.4, 0.5) is 5.69 Å². The zero-order valence-electron chi connectivity index (χ0n) is 12.0. The van der Waals surface area contributed by atoms with E-state index in [9.17, 15) is 4.79 Å². The maximum Gasteiger partial charge on any atom is 0.178 e. The molecule has 0 atom stereocenters. The van der Waals surface area contributed by atoms with Gasteiger partial charge in [-0.1, -0.05) is 0 Å². The fourth-order valence-corrected chi connectivity index (χ4v) is 1.71. The van der Waals surface area contributed by atoms with Crippen LogP contribution >= 0.6 is 0 Å². The van der Waals surface area contributed by atoms with Crippen molar-refractivity contribution >= 4 is 17.2 Å². The molecule has 0 spiro atoms. The van der Waals surface area contributed by atoms with Crippen molar-refractivity contribution in [2.24, 2.45) is 4.99 Å². The minimum Gasteiger partial charge on any atom is -0.493 e. The molecule has 0 amide bonds. The highest BCUT2D eigenvalue weighted by Gasteiger charge is 2.17. The number of hydrogen-bond acceptors (Lipinski definition) is 5. The molecule has 104 valence electrons. The van der Waals surface area contributed by atoms with E-state index >= 15 is 0 Å². The summed E-state index contributed by atoms with van der Waals surface area (Å²) in [5, 5.41) is 0. The largest absolute Gasteiger partial charge is 0.493 e. The van der Waals surface area contributed by atoms with Crippen molar-refractivity contribution in [2.75, 3.05) is 20.0 Å². The van der Waals surface area contributed by atoms with E-state index in [4.69, 9.17) is 15.2 Å². The lowest BCUT2D eigenvalue weighted by Gasteiger charge is -2.13. The Balaban J connectivity index is 3.44. The Labute approximate surface area is 113 Å². The van der Waals surface area contributed by atoms with Gasteiger partial charge in [0.05, 0.1) is 14.2 Å². The first-order chi connectivity index (χ1) is 8.90. The van der Waals surface area contributed by atoms with E-state index in [-0.39, 0.29) is 11.8 Å². The van der Waals surface area contributed by atoms with E-state index in [1.807, 2.05) is 13.8 Å². The summed E-state index contributed by atoms with van der Waals surface area (Å²) in [5.74, 6) is 0.910. The molecule has 2 N–H and O–H groups in total. The minimum absolute atomic E-state index is 0.00592. The van der Waals surface area contributed by atoms with Crippen LogP contribution in [0, 0.1) is 0 Å². The zero-order valence-corrected chi connectivity index (χ0v) is 12.0. The molecule has 0 aromatic heterocycles. The van der Waals surface area contributed by atoms with Crippen molar-refractivity contribution in [1.82, 2.24) is 0 Å². The molecule has 0 saturated heterocycles. The zero-order chi connectivity index (χ0) is 14.6. The van der Waals surface area contributed by atoms with Crippen LogP contribution in [0.5, 0.6) is 11.5 Å². The first-order valence-electron chi connectivity index (χ1n) is 6.01. The van der Waals surface area contributed by atoms with Crippen LogP contribution in [0.25, 0.3) is 0 Å². The number of nitrogens with zero attached hydrogens (tertiary/aromatic N) is 1. The Kier molecular flexibility index (Phi) is 4.92. The van der Waals surface area contributed by atoms with Crippen molar-refractivity contribution in [2.45, 2.75) is 26.8 Å². The van der Waals surface area contributed by atoms with Crippen LogP contribution in [0.15, 0.2) is 17.1 Å². The second-order valence-electron chi connectivity index (χ2n) is 4.42. The molecule has 0 unspecified atom stereocenters. The smallest absolute Gasteiger partial charge is 0.178 e. The molecule has 0 bridgehead atoms. The number of carbonyl (C=O) groups excluding carboxylic acids is 1. The maximum atomic E-state index is 11.7. The number of methoxy groups -OCH3 is 2. The van der Waals surface area contributed by atoms with Crippen LogP contribution in [0.3, 0.4) is 0 Å². The number of aliphatic imine (C=N–C) groups is 1. The Morgan fingerprint density at radius 3 is 2.16 bits per heavy atom. The molecule has 1 aromatic rings. The summed E-state index contributed by atoms with van der Waals surface area (Å²) in [4.78, 5) is 16.1. The number of Topliss-reactive ketones (excluding diaryl/α,β-unsaturated/α-hetero) is 1. The van der Waals surface area contributed by atoms with Gasteiger partial charge < -0.3 is 15.2 Å².